The molecule has 0 bridgehead atoms. The van der Waals surface area contributed by atoms with Crippen LogP contribution >= 0.6 is 0 Å². The number of aromatic nitrogens is 3. The fraction of sp³-hybridized carbons (Fsp3) is 0.0455. The molecule has 7 heteroatoms. The average molecular weight is 389 g/mol. The van der Waals surface area contributed by atoms with E-state index in [2.05, 4.69) is 25.6 Å². The topological polar surface area (TPSA) is 62.7 Å². The van der Waals surface area contributed by atoms with Crippen LogP contribution < -0.4 is 10.6 Å². The van der Waals surface area contributed by atoms with Crippen LogP contribution in [-0.4, -0.2) is 15.0 Å². The molecule has 5 nitrogen and oxygen atoms in total. The van der Waals surface area contributed by atoms with Gasteiger partial charge in [0, 0.05) is 23.9 Å². The average Bonchev–Trinajstić information content (AvgIpc) is 2.75. The summed E-state index contributed by atoms with van der Waals surface area (Å²) in [4.78, 5) is 13.2. The zero-order chi connectivity index (χ0) is 20.1. The highest BCUT2D eigenvalue weighted by molar-refractivity contribution is 5.67. The molecule has 0 unspecified atom stereocenters. The Bertz CT molecular complexity index is 1100. The van der Waals surface area contributed by atoms with E-state index in [1.54, 1.807) is 12.3 Å². The zero-order valence-corrected chi connectivity index (χ0v) is 15.3. The molecule has 0 fully saturated rings. The van der Waals surface area contributed by atoms with E-state index in [0.717, 1.165) is 17.3 Å². The number of hydrogen-bond acceptors (Lipinski definition) is 5. The second-order valence-corrected chi connectivity index (χ2v) is 6.25. The maximum Gasteiger partial charge on any atom is 0.225 e. The molecule has 0 aliphatic heterocycles. The number of nitrogens with zero attached hydrogens (tertiary/aromatic N) is 3. The van der Waals surface area contributed by atoms with E-state index in [-0.39, 0.29) is 5.69 Å². The summed E-state index contributed by atoms with van der Waals surface area (Å²) in [6.45, 7) is 0.434. The molecule has 2 N–H and O–H groups in total. The summed E-state index contributed by atoms with van der Waals surface area (Å²) in [6, 6.07) is 20.3. The lowest BCUT2D eigenvalue weighted by Gasteiger charge is -2.12. The second-order valence-electron chi connectivity index (χ2n) is 6.25. The summed E-state index contributed by atoms with van der Waals surface area (Å²) in [7, 11) is 0. The standard InChI is InChI=1S/C22H17F2N5/c23-16-9-10-19(18(24)12-16)27-21-13-20(15-6-2-1-3-7-15)28-22(29-21)26-14-17-8-4-5-11-25-17/h1-13H,14H2,(H2,26,27,28,29). The van der Waals surface area contributed by atoms with Gasteiger partial charge in [-0.3, -0.25) is 4.98 Å². The van der Waals surface area contributed by atoms with Crippen LogP contribution in [0.1, 0.15) is 5.69 Å². The molecular weight excluding hydrogens is 372 g/mol. The molecule has 29 heavy (non-hydrogen) atoms. The first kappa shape index (κ1) is 18.5. The summed E-state index contributed by atoms with van der Waals surface area (Å²) in [5, 5.41) is 6.04. The monoisotopic (exact) mass is 389 g/mol. The van der Waals surface area contributed by atoms with Crippen molar-refractivity contribution in [1.29, 1.82) is 0 Å². The molecule has 0 atom stereocenters. The summed E-state index contributed by atoms with van der Waals surface area (Å²) in [5.74, 6) is -0.596. The molecular formula is C22H17F2N5. The molecule has 0 saturated carbocycles. The van der Waals surface area contributed by atoms with Crippen LogP contribution in [0.25, 0.3) is 11.3 Å². The van der Waals surface area contributed by atoms with Gasteiger partial charge in [0.25, 0.3) is 0 Å². The maximum atomic E-state index is 14.1. The molecule has 2 aromatic heterocycles. The first-order chi connectivity index (χ1) is 14.2. The summed E-state index contributed by atoms with van der Waals surface area (Å²) < 4.78 is 27.2. The smallest absolute Gasteiger partial charge is 0.225 e. The SMILES string of the molecule is Fc1ccc(Nc2cc(-c3ccccc3)nc(NCc3ccccn3)n2)c(F)c1. The van der Waals surface area contributed by atoms with Crippen molar-refractivity contribution in [3.05, 3.63) is 96.3 Å². The number of pyridine rings is 1. The first-order valence-corrected chi connectivity index (χ1v) is 8.98. The number of rotatable bonds is 6. The molecule has 2 heterocycles. The van der Waals surface area contributed by atoms with E-state index in [9.17, 15) is 8.78 Å². The van der Waals surface area contributed by atoms with Crippen molar-refractivity contribution in [2.45, 2.75) is 6.54 Å². The van der Waals surface area contributed by atoms with Crippen molar-refractivity contribution < 1.29 is 8.78 Å². The van der Waals surface area contributed by atoms with Crippen molar-refractivity contribution >= 4 is 17.5 Å². The highest BCUT2D eigenvalue weighted by Crippen LogP contribution is 2.25. The minimum absolute atomic E-state index is 0.125. The largest absolute Gasteiger partial charge is 0.348 e. The van der Waals surface area contributed by atoms with Gasteiger partial charge in [-0.25, -0.2) is 13.8 Å². The molecule has 0 spiro atoms. The Kier molecular flexibility index (Phi) is 5.38. The first-order valence-electron chi connectivity index (χ1n) is 8.98. The van der Waals surface area contributed by atoms with Crippen LogP contribution in [-0.2, 0) is 6.54 Å². The van der Waals surface area contributed by atoms with Crippen LogP contribution in [0.4, 0.5) is 26.2 Å². The van der Waals surface area contributed by atoms with E-state index in [4.69, 9.17) is 0 Å². The Hall–Kier alpha value is -3.87. The van der Waals surface area contributed by atoms with E-state index in [0.29, 0.717) is 24.0 Å². The lowest BCUT2D eigenvalue weighted by molar-refractivity contribution is 0.586. The van der Waals surface area contributed by atoms with Crippen molar-refractivity contribution in [2.75, 3.05) is 10.6 Å². The van der Waals surface area contributed by atoms with Gasteiger partial charge in [-0.1, -0.05) is 36.4 Å². The Labute approximate surface area is 166 Å². The Morgan fingerprint density at radius 3 is 2.41 bits per heavy atom. The van der Waals surface area contributed by atoms with Gasteiger partial charge < -0.3 is 10.6 Å². The molecule has 0 aliphatic rings. The van der Waals surface area contributed by atoms with Gasteiger partial charge in [0.1, 0.15) is 17.5 Å². The summed E-state index contributed by atoms with van der Waals surface area (Å²) in [6.07, 6.45) is 1.71. The molecule has 0 radical (unpaired) electrons. The third kappa shape index (κ3) is 4.70. The normalized spacial score (nSPS) is 10.6. The number of nitrogens with one attached hydrogen (secondary N) is 2. The van der Waals surface area contributed by atoms with Gasteiger partial charge in [0.2, 0.25) is 5.95 Å². The number of hydrogen-bond donors (Lipinski definition) is 2. The predicted molar refractivity (Wildman–Crippen MR) is 109 cm³/mol. The van der Waals surface area contributed by atoms with Crippen molar-refractivity contribution in [1.82, 2.24) is 15.0 Å². The van der Waals surface area contributed by atoms with E-state index >= 15 is 0 Å². The Morgan fingerprint density at radius 1 is 0.828 bits per heavy atom. The fourth-order valence-corrected chi connectivity index (χ4v) is 2.75. The van der Waals surface area contributed by atoms with E-state index < -0.39 is 11.6 Å². The van der Waals surface area contributed by atoms with E-state index in [1.165, 1.54) is 12.1 Å². The lowest BCUT2D eigenvalue weighted by atomic mass is 10.1. The predicted octanol–water partition coefficient (Wildman–Crippen LogP) is 5.17. The molecule has 2 aromatic carbocycles. The van der Waals surface area contributed by atoms with Crippen LogP contribution in [0.3, 0.4) is 0 Å². The van der Waals surface area contributed by atoms with Gasteiger partial charge >= 0.3 is 0 Å². The van der Waals surface area contributed by atoms with Gasteiger partial charge in [-0.2, -0.15) is 4.98 Å². The second kappa shape index (κ2) is 8.43. The van der Waals surface area contributed by atoms with Crippen LogP contribution in [0.5, 0.6) is 0 Å². The third-order valence-electron chi connectivity index (χ3n) is 4.14. The molecule has 4 rings (SSSR count). The van der Waals surface area contributed by atoms with Crippen molar-refractivity contribution in [2.24, 2.45) is 0 Å². The minimum atomic E-state index is -0.701. The highest BCUT2D eigenvalue weighted by atomic mass is 19.1. The number of benzene rings is 2. The van der Waals surface area contributed by atoms with Gasteiger partial charge in [0.05, 0.1) is 23.6 Å². The van der Waals surface area contributed by atoms with Crippen LogP contribution in [0.15, 0.2) is 79.0 Å². The summed E-state index contributed by atoms with van der Waals surface area (Å²) >= 11 is 0. The molecule has 0 saturated heterocycles. The molecule has 4 aromatic rings. The number of anilines is 3. The molecule has 0 aliphatic carbocycles. The Morgan fingerprint density at radius 2 is 1.66 bits per heavy atom. The van der Waals surface area contributed by atoms with Gasteiger partial charge in [-0.15, -0.1) is 0 Å². The third-order valence-corrected chi connectivity index (χ3v) is 4.14. The molecule has 144 valence electrons. The van der Waals surface area contributed by atoms with Gasteiger partial charge in [0.15, 0.2) is 0 Å². The molecule has 0 amide bonds. The Balaban J connectivity index is 1.66. The quantitative estimate of drug-likeness (QED) is 0.476. The zero-order valence-electron chi connectivity index (χ0n) is 15.3. The highest BCUT2D eigenvalue weighted by Gasteiger charge is 2.10. The van der Waals surface area contributed by atoms with Crippen LogP contribution in [0.2, 0.25) is 0 Å². The fourth-order valence-electron chi connectivity index (χ4n) is 2.75. The van der Waals surface area contributed by atoms with Crippen molar-refractivity contribution in [3.63, 3.8) is 0 Å². The number of halogens is 2. The lowest BCUT2D eigenvalue weighted by Crippen LogP contribution is -2.07. The minimum Gasteiger partial charge on any atom is -0.348 e. The maximum absolute atomic E-state index is 14.1. The van der Waals surface area contributed by atoms with Crippen LogP contribution in [0, 0.1) is 11.6 Å². The van der Waals surface area contributed by atoms with E-state index in [1.807, 2.05) is 48.5 Å². The summed E-state index contributed by atoms with van der Waals surface area (Å²) in [5.41, 5.74) is 2.51. The van der Waals surface area contributed by atoms with Gasteiger partial charge in [-0.05, 0) is 24.3 Å². The van der Waals surface area contributed by atoms with Crippen molar-refractivity contribution in [3.8, 4) is 11.3 Å².